The fourth-order valence-electron chi connectivity index (χ4n) is 3.69. The Morgan fingerprint density at radius 2 is 1.61 bits per heavy atom. The van der Waals surface area contributed by atoms with Crippen molar-refractivity contribution >= 4 is 16.4 Å². The second kappa shape index (κ2) is 6.91. The van der Waals surface area contributed by atoms with Gasteiger partial charge < -0.3 is 4.74 Å². The molecule has 28 heavy (non-hydrogen) atoms. The Bertz CT molecular complexity index is 1280. The molecule has 0 unspecified atom stereocenters. The van der Waals surface area contributed by atoms with Crippen molar-refractivity contribution in [3.8, 4) is 22.4 Å². The van der Waals surface area contributed by atoms with Gasteiger partial charge in [-0.15, -0.1) is 0 Å². The van der Waals surface area contributed by atoms with Crippen LogP contribution in [0.25, 0.3) is 38.8 Å². The van der Waals surface area contributed by atoms with Gasteiger partial charge in [-0.05, 0) is 28.5 Å². The van der Waals surface area contributed by atoms with Crippen LogP contribution in [0.5, 0.6) is 0 Å². The molecule has 0 atom stereocenters. The summed E-state index contributed by atoms with van der Waals surface area (Å²) in [6, 6.07) is 27.1. The fourth-order valence-corrected chi connectivity index (χ4v) is 3.69. The molecule has 3 aromatic carbocycles. The van der Waals surface area contributed by atoms with Crippen LogP contribution in [0, 0.1) is 0 Å². The molecule has 0 amide bonds. The third-order valence-corrected chi connectivity index (χ3v) is 4.98. The Balaban J connectivity index is 1.76. The lowest BCUT2D eigenvalue weighted by molar-refractivity contribution is 0.181. The second-order valence-electron chi connectivity index (χ2n) is 6.75. The first kappa shape index (κ1) is 16.7. The third-order valence-electron chi connectivity index (χ3n) is 4.98. The van der Waals surface area contributed by atoms with Crippen molar-refractivity contribution < 1.29 is 4.74 Å². The molecule has 4 heteroatoms. The van der Waals surface area contributed by atoms with Crippen LogP contribution in [0.4, 0.5) is 0 Å². The zero-order chi connectivity index (χ0) is 18.9. The van der Waals surface area contributed by atoms with E-state index >= 15 is 0 Å². The molecule has 136 valence electrons. The van der Waals surface area contributed by atoms with E-state index in [9.17, 15) is 0 Å². The first-order chi connectivity index (χ1) is 13.8. The largest absolute Gasteiger partial charge is 0.378 e. The van der Waals surface area contributed by atoms with Gasteiger partial charge in [-0.25, -0.2) is 9.50 Å². The Morgan fingerprint density at radius 3 is 2.43 bits per heavy atom. The summed E-state index contributed by atoms with van der Waals surface area (Å²) >= 11 is 0. The molecule has 0 bridgehead atoms. The number of hydrogen-bond donors (Lipinski definition) is 0. The maximum Gasteiger partial charge on any atom is 0.163 e. The zero-order valence-corrected chi connectivity index (χ0v) is 15.5. The van der Waals surface area contributed by atoms with Crippen molar-refractivity contribution in [3.05, 3.63) is 90.8 Å². The smallest absolute Gasteiger partial charge is 0.163 e. The maximum absolute atomic E-state index is 5.42. The van der Waals surface area contributed by atoms with Crippen molar-refractivity contribution in [3.63, 3.8) is 0 Å². The third kappa shape index (κ3) is 2.75. The SMILES string of the molecule is COCc1nn2c(-c3ccc4ccccc4c3)ccnc2c1-c1ccccc1. The minimum Gasteiger partial charge on any atom is -0.378 e. The van der Waals surface area contributed by atoms with E-state index in [1.165, 1.54) is 10.8 Å². The average Bonchev–Trinajstić information content (AvgIpc) is 3.12. The van der Waals surface area contributed by atoms with E-state index in [0.29, 0.717) is 6.61 Å². The molecule has 0 saturated carbocycles. The predicted molar refractivity (Wildman–Crippen MR) is 112 cm³/mol. The van der Waals surface area contributed by atoms with Crippen LogP contribution in [-0.4, -0.2) is 21.7 Å². The molecule has 2 heterocycles. The van der Waals surface area contributed by atoms with Gasteiger partial charge in [0.25, 0.3) is 0 Å². The van der Waals surface area contributed by atoms with Gasteiger partial charge in [0.05, 0.1) is 23.6 Å². The summed E-state index contributed by atoms with van der Waals surface area (Å²) in [5.41, 5.74) is 5.95. The number of nitrogens with zero attached hydrogens (tertiary/aromatic N) is 3. The lowest BCUT2D eigenvalue weighted by Crippen LogP contribution is -1.96. The highest BCUT2D eigenvalue weighted by molar-refractivity contribution is 5.88. The zero-order valence-electron chi connectivity index (χ0n) is 15.5. The summed E-state index contributed by atoms with van der Waals surface area (Å²) < 4.78 is 7.35. The topological polar surface area (TPSA) is 39.4 Å². The monoisotopic (exact) mass is 365 g/mol. The molecule has 0 aliphatic carbocycles. The molecule has 0 N–H and O–H groups in total. The maximum atomic E-state index is 5.42. The average molecular weight is 365 g/mol. The van der Waals surface area contributed by atoms with E-state index in [2.05, 4.69) is 59.6 Å². The van der Waals surface area contributed by atoms with Crippen molar-refractivity contribution in [2.75, 3.05) is 7.11 Å². The molecule has 0 fully saturated rings. The first-order valence-electron chi connectivity index (χ1n) is 9.25. The van der Waals surface area contributed by atoms with E-state index in [1.54, 1.807) is 7.11 Å². The van der Waals surface area contributed by atoms with Gasteiger partial charge in [-0.1, -0.05) is 66.7 Å². The molecular weight excluding hydrogens is 346 g/mol. The first-order valence-corrected chi connectivity index (χ1v) is 9.25. The van der Waals surface area contributed by atoms with Gasteiger partial charge in [0.2, 0.25) is 0 Å². The Morgan fingerprint density at radius 1 is 0.821 bits per heavy atom. The van der Waals surface area contributed by atoms with Gasteiger partial charge in [-0.2, -0.15) is 5.10 Å². The predicted octanol–water partition coefficient (Wildman–Crippen LogP) is 5.36. The molecule has 0 aliphatic heterocycles. The van der Waals surface area contributed by atoms with Gasteiger partial charge >= 0.3 is 0 Å². The highest BCUT2D eigenvalue weighted by Gasteiger charge is 2.18. The second-order valence-corrected chi connectivity index (χ2v) is 6.75. The quantitative estimate of drug-likeness (QED) is 0.430. The number of aromatic nitrogens is 3. The molecule has 4 nitrogen and oxygen atoms in total. The van der Waals surface area contributed by atoms with Crippen LogP contribution in [0.2, 0.25) is 0 Å². The van der Waals surface area contributed by atoms with Crippen LogP contribution in [0.15, 0.2) is 85.1 Å². The normalized spacial score (nSPS) is 11.3. The summed E-state index contributed by atoms with van der Waals surface area (Å²) in [7, 11) is 1.69. The number of ether oxygens (including phenoxy) is 1. The summed E-state index contributed by atoms with van der Waals surface area (Å²) in [6.45, 7) is 0.435. The highest BCUT2D eigenvalue weighted by Crippen LogP contribution is 2.31. The van der Waals surface area contributed by atoms with E-state index < -0.39 is 0 Å². The van der Waals surface area contributed by atoms with Crippen LogP contribution >= 0.6 is 0 Å². The lowest BCUT2D eigenvalue weighted by atomic mass is 10.0. The number of hydrogen-bond acceptors (Lipinski definition) is 3. The van der Waals surface area contributed by atoms with Crippen LogP contribution < -0.4 is 0 Å². The van der Waals surface area contributed by atoms with Crippen molar-refractivity contribution in [1.82, 2.24) is 14.6 Å². The Hall–Kier alpha value is -3.50. The molecule has 0 aliphatic rings. The summed E-state index contributed by atoms with van der Waals surface area (Å²) in [4.78, 5) is 4.65. The van der Waals surface area contributed by atoms with Gasteiger partial charge in [0.15, 0.2) is 5.65 Å². The minimum atomic E-state index is 0.435. The summed E-state index contributed by atoms with van der Waals surface area (Å²) in [6.07, 6.45) is 1.85. The molecule has 5 rings (SSSR count). The van der Waals surface area contributed by atoms with Gasteiger partial charge in [0.1, 0.15) is 0 Å². The highest BCUT2D eigenvalue weighted by atomic mass is 16.5. The van der Waals surface area contributed by atoms with E-state index in [-0.39, 0.29) is 0 Å². The van der Waals surface area contributed by atoms with Crippen molar-refractivity contribution in [2.24, 2.45) is 0 Å². The van der Waals surface area contributed by atoms with Crippen LogP contribution in [-0.2, 0) is 11.3 Å². The van der Waals surface area contributed by atoms with Gasteiger partial charge in [0, 0.05) is 18.9 Å². The minimum absolute atomic E-state index is 0.435. The Labute approximate surface area is 163 Å². The molecule has 2 aromatic heterocycles. The summed E-state index contributed by atoms with van der Waals surface area (Å²) in [5.74, 6) is 0. The molecule has 0 radical (unpaired) electrons. The fraction of sp³-hybridized carbons (Fsp3) is 0.0833. The van der Waals surface area contributed by atoms with Crippen LogP contribution in [0.1, 0.15) is 5.69 Å². The van der Waals surface area contributed by atoms with E-state index in [4.69, 9.17) is 9.84 Å². The van der Waals surface area contributed by atoms with Crippen molar-refractivity contribution in [1.29, 1.82) is 0 Å². The number of rotatable bonds is 4. The standard InChI is InChI=1S/C24H19N3O/c1-28-16-21-23(18-8-3-2-4-9-18)24-25-14-13-22(27(24)26-21)20-12-11-17-7-5-6-10-19(17)15-20/h2-15H,16H2,1H3. The summed E-state index contributed by atoms with van der Waals surface area (Å²) in [5, 5.41) is 7.29. The molecule has 0 saturated heterocycles. The van der Waals surface area contributed by atoms with Gasteiger partial charge in [-0.3, -0.25) is 0 Å². The van der Waals surface area contributed by atoms with Crippen LogP contribution in [0.3, 0.4) is 0 Å². The Kier molecular flexibility index (Phi) is 4.11. The van der Waals surface area contributed by atoms with E-state index in [0.717, 1.165) is 33.7 Å². The number of benzene rings is 3. The van der Waals surface area contributed by atoms with E-state index in [1.807, 2.05) is 35.0 Å². The molecular formula is C24H19N3O. The number of methoxy groups -OCH3 is 1. The lowest BCUT2D eigenvalue weighted by Gasteiger charge is -2.07. The molecule has 0 spiro atoms. The number of fused-ring (bicyclic) bond motifs is 2. The molecule has 5 aromatic rings. The van der Waals surface area contributed by atoms with Crippen molar-refractivity contribution in [2.45, 2.75) is 6.61 Å².